The molecule has 0 bridgehead atoms. The van der Waals surface area contributed by atoms with Crippen LogP contribution in [0.1, 0.15) is 49.8 Å². The molecule has 0 N–H and O–H groups in total. The predicted molar refractivity (Wildman–Crippen MR) is 74.9 cm³/mol. The van der Waals surface area contributed by atoms with E-state index in [9.17, 15) is 5.26 Å². The fraction of sp³-hybridized carbons (Fsp3) is 0.562. The third kappa shape index (κ3) is 3.50. The standard InChI is InChI=1S/C16H23NO/c1-6-18-16-9-12(4)15(8-13(16)5)14(10-17)7-11(2)3/h8-9,11,14H,6-7H2,1-5H3. The zero-order valence-electron chi connectivity index (χ0n) is 12.1. The number of ether oxygens (including phenoxy) is 1. The molecule has 0 aliphatic heterocycles. The quantitative estimate of drug-likeness (QED) is 0.772. The van der Waals surface area contributed by atoms with Crippen LogP contribution in [0.5, 0.6) is 5.75 Å². The lowest BCUT2D eigenvalue weighted by atomic mass is 9.88. The normalized spacial score (nSPS) is 12.3. The van der Waals surface area contributed by atoms with E-state index in [1.807, 2.05) is 13.8 Å². The van der Waals surface area contributed by atoms with Crippen LogP contribution in [-0.2, 0) is 0 Å². The summed E-state index contributed by atoms with van der Waals surface area (Å²) in [5.74, 6) is 1.44. The van der Waals surface area contributed by atoms with Crippen LogP contribution in [0.25, 0.3) is 0 Å². The Morgan fingerprint density at radius 1 is 1.22 bits per heavy atom. The molecule has 18 heavy (non-hydrogen) atoms. The zero-order chi connectivity index (χ0) is 13.7. The van der Waals surface area contributed by atoms with Gasteiger partial charge in [-0.3, -0.25) is 0 Å². The molecule has 0 fully saturated rings. The summed E-state index contributed by atoms with van der Waals surface area (Å²) in [5, 5.41) is 9.34. The van der Waals surface area contributed by atoms with Crippen LogP contribution < -0.4 is 4.74 Å². The van der Waals surface area contributed by atoms with Crippen molar-refractivity contribution in [2.24, 2.45) is 5.92 Å². The van der Waals surface area contributed by atoms with Gasteiger partial charge in [0.2, 0.25) is 0 Å². The first-order valence-corrected chi connectivity index (χ1v) is 6.63. The number of hydrogen-bond acceptors (Lipinski definition) is 2. The summed E-state index contributed by atoms with van der Waals surface area (Å²) in [6.45, 7) is 11.1. The molecule has 0 amide bonds. The topological polar surface area (TPSA) is 33.0 Å². The molecule has 2 nitrogen and oxygen atoms in total. The maximum absolute atomic E-state index is 9.34. The highest BCUT2D eigenvalue weighted by Gasteiger charge is 2.16. The van der Waals surface area contributed by atoms with E-state index in [-0.39, 0.29) is 5.92 Å². The van der Waals surface area contributed by atoms with Gasteiger partial charge in [0.15, 0.2) is 0 Å². The van der Waals surface area contributed by atoms with Crippen LogP contribution in [-0.4, -0.2) is 6.61 Å². The van der Waals surface area contributed by atoms with Gasteiger partial charge in [-0.1, -0.05) is 19.9 Å². The van der Waals surface area contributed by atoms with E-state index in [2.05, 4.69) is 39.0 Å². The largest absolute Gasteiger partial charge is 0.494 e. The van der Waals surface area contributed by atoms with Crippen LogP contribution in [0.15, 0.2) is 12.1 Å². The maximum atomic E-state index is 9.34. The van der Waals surface area contributed by atoms with E-state index in [0.29, 0.717) is 12.5 Å². The third-order valence-corrected chi connectivity index (χ3v) is 3.10. The number of rotatable bonds is 5. The average molecular weight is 245 g/mol. The van der Waals surface area contributed by atoms with Gasteiger partial charge in [0, 0.05) is 0 Å². The van der Waals surface area contributed by atoms with E-state index in [1.54, 1.807) is 0 Å². The summed E-state index contributed by atoms with van der Waals surface area (Å²) < 4.78 is 5.58. The molecule has 1 unspecified atom stereocenters. The van der Waals surface area contributed by atoms with Crippen molar-refractivity contribution >= 4 is 0 Å². The fourth-order valence-electron chi connectivity index (χ4n) is 2.22. The van der Waals surface area contributed by atoms with Gasteiger partial charge >= 0.3 is 0 Å². The zero-order valence-corrected chi connectivity index (χ0v) is 12.1. The first-order chi connectivity index (χ1) is 8.49. The maximum Gasteiger partial charge on any atom is 0.122 e. The van der Waals surface area contributed by atoms with Gasteiger partial charge in [0.1, 0.15) is 5.75 Å². The molecule has 98 valence electrons. The van der Waals surface area contributed by atoms with Crippen molar-refractivity contribution in [2.75, 3.05) is 6.61 Å². The highest BCUT2D eigenvalue weighted by atomic mass is 16.5. The van der Waals surface area contributed by atoms with Crippen molar-refractivity contribution in [3.63, 3.8) is 0 Å². The predicted octanol–water partition coefficient (Wildman–Crippen LogP) is 4.36. The smallest absolute Gasteiger partial charge is 0.122 e. The molecule has 0 aromatic heterocycles. The lowest BCUT2D eigenvalue weighted by Crippen LogP contribution is -2.04. The van der Waals surface area contributed by atoms with Gasteiger partial charge in [-0.05, 0) is 55.9 Å². The molecular formula is C16H23NO. The van der Waals surface area contributed by atoms with Gasteiger partial charge < -0.3 is 4.74 Å². The Morgan fingerprint density at radius 3 is 2.39 bits per heavy atom. The van der Waals surface area contributed by atoms with E-state index >= 15 is 0 Å². The Labute approximate surface area is 111 Å². The summed E-state index contributed by atoms with van der Waals surface area (Å²) in [4.78, 5) is 0. The van der Waals surface area contributed by atoms with Crippen LogP contribution in [0.4, 0.5) is 0 Å². The molecule has 0 saturated carbocycles. The molecule has 1 atom stereocenters. The summed E-state index contributed by atoms with van der Waals surface area (Å²) >= 11 is 0. The van der Waals surface area contributed by atoms with Gasteiger partial charge in [-0.2, -0.15) is 5.26 Å². The summed E-state index contributed by atoms with van der Waals surface area (Å²) in [6.07, 6.45) is 0.908. The molecule has 1 aromatic rings. The van der Waals surface area contributed by atoms with Crippen LogP contribution >= 0.6 is 0 Å². The second kappa shape index (κ2) is 6.44. The summed E-state index contributed by atoms with van der Waals surface area (Å²) in [7, 11) is 0. The van der Waals surface area contributed by atoms with Crippen LogP contribution in [0.3, 0.4) is 0 Å². The Hall–Kier alpha value is -1.49. The van der Waals surface area contributed by atoms with Crippen molar-refractivity contribution in [1.29, 1.82) is 5.26 Å². The Morgan fingerprint density at radius 2 is 1.89 bits per heavy atom. The monoisotopic (exact) mass is 245 g/mol. The lowest BCUT2D eigenvalue weighted by Gasteiger charge is -2.17. The van der Waals surface area contributed by atoms with Crippen molar-refractivity contribution in [1.82, 2.24) is 0 Å². The minimum Gasteiger partial charge on any atom is -0.494 e. The van der Waals surface area contributed by atoms with Crippen molar-refractivity contribution < 1.29 is 4.74 Å². The average Bonchev–Trinajstić information content (AvgIpc) is 2.30. The van der Waals surface area contributed by atoms with Crippen LogP contribution in [0.2, 0.25) is 0 Å². The van der Waals surface area contributed by atoms with Crippen molar-refractivity contribution in [2.45, 2.75) is 47.0 Å². The third-order valence-electron chi connectivity index (χ3n) is 3.10. The minimum absolute atomic E-state index is 0.0145. The second-order valence-corrected chi connectivity index (χ2v) is 5.22. The van der Waals surface area contributed by atoms with E-state index < -0.39 is 0 Å². The van der Waals surface area contributed by atoms with Crippen molar-refractivity contribution in [3.05, 3.63) is 28.8 Å². The highest BCUT2D eigenvalue weighted by molar-refractivity contribution is 5.44. The summed E-state index contributed by atoms with van der Waals surface area (Å²) in [6, 6.07) is 6.59. The van der Waals surface area contributed by atoms with Gasteiger partial charge in [-0.15, -0.1) is 0 Å². The molecule has 1 aromatic carbocycles. The van der Waals surface area contributed by atoms with E-state index in [1.165, 1.54) is 0 Å². The lowest BCUT2D eigenvalue weighted by molar-refractivity contribution is 0.337. The molecule has 0 saturated heterocycles. The molecule has 0 aliphatic carbocycles. The fourth-order valence-corrected chi connectivity index (χ4v) is 2.22. The number of nitriles is 1. The van der Waals surface area contributed by atoms with Gasteiger partial charge in [-0.25, -0.2) is 0 Å². The number of benzene rings is 1. The Kier molecular flexibility index (Phi) is 5.22. The van der Waals surface area contributed by atoms with E-state index in [4.69, 9.17) is 4.74 Å². The molecule has 2 heteroatoms. The summed E-state index contributed by atoms with van der Waals surface area (Å²) in [5.41, 5.74) is 3.41. The molecular weight excluding hydrogens is 222 g/mol. The number of hydrogen-bond donors (Lipinski definition) is 0. The van der Waals surface area contributed by atoms with Gasteiger partial charge in [0.05, 0.1) is 18.6 Å². The minimum atomic E-state index is -0.0145. The first kappa shape index (κ1) is 14.6. The Balaban J connectivity index is 3.10. The van der Waals surface area contributed by atoms with E-state index in [0.717, 1.165) is 28.9 Å². The molecule has 1 rings (SSSR count). The molecule has 0 heterocycles. The molecule has 0 spiro atoms. The SMILES string of the molecule is CCOc1cc(C)c(C(C#N)CC(C)C)cc1C. The molecule has 0 radical (unpaired) electrons. The molecule has 0 aliphatic rings. The Bertz CT molecular complexity index is 443. The van der Waals surface area contributed by atoms with Crippen molar-refractivity contribution in [3.8, 4) is 11.8 Å². The van der Waals surface area contributed by atoms with Crippen LogP contribution in [0, 0.1) is 31.1 Å². The van der Waals surface area contributed by atoms with Gasteiger partial charge in [0.25, 0.3) is 0 Å². The second-order valence-electron chi connectivity index (χ2n) is 5.22. The number of nitrogens with zero attached hydrogens (tertiary/aromatic N) is 1. The first-order valence-electron chi connectivity index (χ1n) is 6.63. The highest BCUT2D eigenvalue weighted by Crippen LogP contribution is 2.31. The number of aryl methyl sites for hydroxylation is 2.